The van der Waals surface area contributed by atoms with Crippen LogP contribution in [0.3, 0.4) is 0 Å². The number of hydrogen-bond acceptors (Lipinski definition) is 3. The average molecular weight is 321 g/mol. The minimum atomic E-state index is 0.193. The van der Waals surface area contributed by atoms with Gasteiger partial charge in [-0.2, -0.15) is 0 Å². The van der Waals surface area contributed by atoms with Crippen LogP contribution in [0.4, 0.5) is 5.69 Å². The van der Waals surface area contributed by atoms with E-state index in [0.717, 1.165) is 19.5 Å². The second kappa shape index (κ2) is 9.78. The van der Waals surface area contributed by atoms with Crippen molar-refractivity contribution in [2.75, 3.05) is 30.8 Å². The van der Waals surface area contributed by atoms with Gasteiger partial charge in [-0.3, -0.25) is 4.79 Å². The van der Waals surface area contributed by atoms with Crippen LogP contribution in [-0.2, 0) is 4.79 Å². The van der Waals surface area contributed by atoms with Gasteiger partial charge < -0.3 is 10.2 Å². The van der Waals surface area contributed by atoms with Gasteiger partial charge in [0, 0.05) is 31.1 Å². The van der Waals surface area contributed by atoms with E-state index in [1.54, 1.807) is 0 Å². The van der Waals surface area contributed by atoms with E-state index in [1.165, 1.54) is 37.8 Å². The third-order valence-corrected chi connectivity index (χ3v) is 5.56. The van der Waals surface area contributed by atoms with Crippen LogP contribution in [-0.4, -0.2) is 37.0 Å². The number of carbonyl (C=O) groups excluding carboxylic acids is 1. The SMILES string of the molecule is CN(CCCNC(=O)CSC1CCCCC1)c1ccccc1. The molecule has 1 aliphatic carbocycles. The molecule has 0 spiro atoms. The zero-order chi connectivity index (χ0) is 15.6. The van der Waals surface area contributed by atoms with Crippen molar-refractivity contribution in [1.29, 1.82) is 0 Å². The molecule has 1 fully saturated rings. The Hall–Kier alpha value is -1.16. The topological polar surface area (TPSA) is 32.3 Å². The first kappa shape index (κ1) is 17.2. The molecule has 0 heterocycles. The van der Waals surface area contributed by atoms with E-state index >= 15 is 0 Å². The lowest BCUT2D eigenvalue weighted by molar-refractivity contribution is -0.118. The molecule has 0 atom stereocenters. The van der Waals surface area contributed by atoms with Crippen molar-refractivity contribution in [1.82, 2.24) is 5.32 Å². The summed E-state index contributed by atoms with van der Waals surface area (Å²) in [5.74, 6) is 0.817. The highest BCUT2D eigenvalue weighted by molar-refractivity contribution is 8.00. The van der Waals surface area contributed by atoms with Crippen molar-refractivity contribution < 1.29 is 4.79 Å². The summed E-state index contributed by atoms with van der Waals surface area (Å²) in [5.41, 5.74) is 1.22. The van der Waals surface area contributed by atoms with E-state index < -0.39 is 0 Å². The Bertz CT molecular complexity index is 432. The summed E-state index contributed by atoms with van der Waals surface area (Å²) < 4.78 is 0. The first-order chi connectivity index (χ1) is 10.8. The number of amides is 1. The minimum absolute atomic E-state index is 0.193. The highest BCUT2D eigenvalue weighted by Gasteiger charge is 2.15. The number of rotatable bonds is 8. The fourth-order valence-corrected chi connectivity index (χ4v) is 3.99. The van der Waals surface area contributed by atoms with E-state index in [0.29, 0.717) is 11.0 Å². The standard InChI is InChI=1S/C18H28N2OS/c1-20(16-9-4-2-5-10-16)14-8-13-19-18(21)15-22-17-11-6-3-7-12-17/h2,4-5,9-10,17H,3,6-8,11-15H2,1H3,(H,19,21). The Morgan fingerprint density at radius 2 is 1.95 bits per heavy atom. The van der Waals surface area contributed by atoms with Crippen molar-refractivity contribution in [2.45, 2.75) is 43.8 Å². The Morgan fingerprint density at radius 1 is 1.23 bits per heavy atom. The molecule has 0 bridgehead atoms. The molecule has 1 aliphatic rings. The highest BCUT2D eigenvalue weighted by atomic mass is 32.2. The summed E-state index contributed by atoms with van der Waals surface area (Å²) in [4.78, 5) is 14.1. The zero-order valence-corrected chi connectivity index (χ0v) is 14.4. The van der Waals surface area contributed by atoms with Crippen molar-refractivity contribution in [3.8, 4) is 0 Å². The molecule has 1 saturated carbocycles. The van der Waals surface area contributed by atoms with Crippen molar-refractivity contribution in [3.05, 3.63) is 30.3 Å². The minimum Gasteiger partial charge on any atom is -0.375 e. The fourth-order valence-electron chi connectivity index (χ4n) is 2.83. The van der Waals surface area contributed by atoms with E-state index in [-0.39, 0.29) is 5.91 Å². The second-order valence-electron chi connectivity index (χ2n) is 6.03. The van der Waals surface area contributed by atoms with Gasteiger partial charge >= 0.3 is 0 Å². The van der Waals surface area contributed by atoms with Crippen molar-refractivity contribution >= 4 is 23.4 Å². The number of hydrogen-bond donors (Lipinski definition) is 1. The molecule has 0 radical (unpaired) electrons. The lowest BCUT2D eigenvalue weighted by atomic mass is 10.0. The summed E-state index contributed by atoms with van der Waals surface area (Å²) in [5, 5.41) is 3.75. The van der Waals surface area contributed by atoms with E-state index in [9.17, 15) is 4.79 Å². The predicted molar refractivity (Wildman–Crippen MR) is 96.7 cm³/mol. The van der Waals surface area contributed by atoms with Gasteiger partial charge in [0.2, 0.25) is 5.91 Å². The first-order valence-corrected chi connectivity index (χ1v) is 9.45. The monoisotopic (exact) mass is 320 g/mol. The Morgan fingerprint density at radius 3 is 2.68 bits per heavy atom. The van der Waals surface area contributed by atoms with Gasteiger partial charge in [-0.25, -0.2) is 0 Å². The maximum atomic E-state index is 11.9. The number of para-hydroxylation sites is 1. The molecule has 3 nitrogen and oxygen atoms in total. The quantitative estimate of drug-likeness (QED) is 0.741. The van der Waals surface area contributed by atoms with Crippen molar-refractivity contribution in [2.24, 2.45) is 0 Å². The van der Waals surface area contributed by atoms with E-state index in [4.69, 9.17) is 0 Å². The van der Waals surface area contributed by atoms with E-state index in [1.807, 2.05) is 17.8 Å². The smallest absolute Gasteiger partial charge is 0.230 e. The molecule has 22 heavy (non-hydrogen) atoms. The Labute approximate surface area is 138 Å². The normalized spacial score (nSPS) is 15.5. The maximum Gasteiger partial charge on any atom is 0.230 e. The van der Waals surface area contributed by atoms with Gasteiger partial charge in [-0.05, 0) is 31.4 Å². The highest BCUT2D eigenvalue weighted by Crippen LogP contribution is 2.27. The maximum absolute atomic E-state index is 11.9. The summed E-state index contributed by atoms with van der Waals surface area (Å²) >= 11 is 1.84. The molecule has 2 rings (SSSR count). The van der Waals surface area contributed by atoms with Crippen LogP contribution in [0.5, 0.6) is 0 Å². The third kappa shape index (κ3) is 6.30. The molecule has 1 N–H and O–H groups in total. The van der Waals surface area contributed by atoms with Crippen LogP contribution in [0.25, 0.3) is 0 Å². The molecule has 4 heteroatoms. The molecule has 0 aromatic heterocycles. The van der Waals surface area contributed by atoms with Gasteiger partial charge in [0.15, 0.2) is 0 Å². The van der Waals surface area contributed by atoms with Crippen LogP contribution in [0, 0.1) is 0 Å². The number of nitrogens with zero attached hydrogens (tertiary/aromatic N) is 1. The molecule has 0 saturated heterocycles. The van der Waals surface area contributed by atoms with Gasteiger partial charge in [0.1, 0.15) is 0 Å². The number of thioether (sulfide) groups is 1. The van der Waals surface area contributed by atoms with Crippen LogP contribution in [0.15, 0.2) is 30.3 Å². The van der Waals surface area contributed by atoms with Crippen LogP contribution in [0.1, 0.15) is 38.5 Å². The summed E-state index contributed by atoms with van der Waals surface area (Å²) in [7, 11) is 2.09. The Balaban J connectivity index is 1.53. The fraction of sp³-hybridized carbons (Fsp3) is 0.611. The number of anilines is 1. The summed E-state index contributed by atoms with van der Waals surface area (Å²) in [6.45, 7) is 1.72. The molecule has 1 aromatic carbocycles. The molecule has 1 aromatic rings. The molecule has 1 amide bonds. The molecule has 122 valence electrons. The largest absolute Gasteiger partial charge is 0.375 e. The third-order valence-electron chi connectivity index (χ3n) is 4.19. The van der Waals surface area contributed by atoms with Crippen LogP contribution >= 0.6 is 11.8 Å². The van der Waals surface area contributed by atoms with Gasteiger partial charge in [0.05, 0.1) is 5.75 Å². The average Bonchev–Trinajstić information content (AvgIpc) is 2.58. The molecule has 0 aliphatic heterocycles. The molecular weight excluding hydrogens is 292 g/mol. The lowest BCUT2D eigenvalue weighted by Gasteiger charge is -2.21. The predicted octanol–water partition coefficient (Wildman–Crippen LogP) is 3.70. The molecular formula is C18H28N2OS. The van der Waals surface area contributed by atoms with Crippen LogP contribution < -0.4 is 10.2 Å². The first-order valence-electron chi connectivity index (χ1n) is 8.40. The van der Waals surface area contributed by atoms with Gasteiger partial charge in [-0.15, -0.1) is 11.8 Å². The summed E-state index contributed by atoms with van der Waals surface area (Å²) in [6, 6.07) is 10.4. The second-order valence-corrected chi connectivity index (χ2v) is 7.32. The number of carbonyl (C=O) groups is 1. The van der Waals surface area contributed by atoms with Gasteiger partial charge in [0.25, 0.3) is 0 Å². The van der Waals surface area contributed by atoms with Crippen LogP contribution in [0.2, 0.25) is 0 Å². The number of nitrogens with one attached hydrogen (secondary N) is 1. The Kier molecular flexibility index (Phi) is 7.64. The summed E-state index contributed by atoms with van der Waals surface area (Å²) in [6.07, 6.45) is 7.61. The van der Waals surface area contributed by atoms with Crippen molar-refractivity contribution in [3.63, 3.8) is 0 Å². The zero-order valence-electron chi connectivity index (χ0n) is 13.6. The van der Waals surface area contributed by atoms with Gasteiger partial charge in [-0.1, -0.05) is 37.5 Å². The lowest BCUT2D eigenvalue weighted by Crippen LogP contribution is -2.30. The van der Waals surface area contributed by atoms with E-state index in [2.05, 4.69) is 41.5 Å². The number of benzene rings is 1. The molecule has 0 unspecified atom stereocenters.